The number of hydrogen-bond donors (Lipinski definition) is 2. The number of carbonyl (C=O) groups excluding carboxylic acids is 3. The smallest absolute Gasteiger partial charge is 0.269 e. The molecule has 3 amide bonds. The molecule has 9 nitrogen and oxygen atoms in total. The third-order valence-corrected chi connectivity index (χ3v) is 9.68. The first kappa shape index (κ1) is 31.4. The van der Waals surface area contributed by atoms with Crippen LogP contribution in [0.5, 0.6) is 5.75 Å². The molecule has 48 heavy (non-hydrogen) atoms. The van der Waals surface area contributed by atoms with Crippen molar-refractivity contribution in [2.24, 2.45) is 5.92 Å². The van der Waals surface area contributed by atoms with Gasteiger partial charge < -0.3 is 24.7 Å². The number of aliphatic hydroxyl groups is 2. The number of rotatable bonds is 8. The minimum atomic E-state index is -1.82. The maximum absolute atomic E-state index is 14.0. The predicted molar refractivity (Wildman–Crippen MR) is 182 cm³/mol. The highest BCUT2D eigenvalue weighted by Crippen LogP contribution is 2.46. The van der Waals surface area contributed by atoms with E-state index < -0.39 is 17.4 Å². The molecule has 3 atom stereocenters. The van der Waals surface area contributed by atoms with Gasteiger partial charge in [-0.1, -0.05) is 85.8 Å². The Morgan fingerprint density at radius 3 is 2.40 bits per heavy atom. The van der Waals surface area contributed by atoms with Crippen LogP contribution in [0, 0.1) is 5.92 Å². The van der Waals surface area contributed by atoms with Crippen LogP contribution in [-0.2, 0) is 39.5 Å². The minimum absolute atomic E-state index is 0.0484. The molecule has 0 aliphatic carbocycles. The van der Waals surface area contributed by atoms with Crippen molar-refractivity contribution in [3.05, 3.63) is 131 Å². The summed E-state index contributed by atoms with van der Waals surface area (Å²) in [7, 11) is 0. The summed E-state index contributed by atoms with van der Waals surface area (Å²) in [5.41, 5.74) is 3.73. The summed E-state index contributed by atoms with van der Waals surface area (Å²) in [4.78, 5) is 45.0. The van der Waals surface area contributed by atoms with Gasteiger partial charge in [0.15, 0.2) is 12.2 Å². The monoisotopic (exact) mass is 643 g/mol. The molecule has 3 heterocycles. The standard InChI is InChI=1S/C39H37N3O6/c1-26(9-8-16-36(44)40-23-29-11-3-2-10-28(29)21-31(40)24-43)39(47)32-12-4-5-13-33(32)41(38(39)46)22-27-17-19-30(20-18-27)42-34-14-6-7-15-35(34)48-25-37(42)45/h2-15,17-20,26,31,43,47H,16,21-25H2,1H3/b9-8+/t26-,31-,39+/m0/s1. The number of ether oxygens (including phenoxy) is 1. The summed E-state index contributed by atoms with van der Waals surface area (Å²) >= 11 is 0. The highest BCUT2D eigenvalue weighted by atomic mass is 16.5. The molecule has 2 N–H and O–H groups in total. The average molecular weight is 644 g/mol. The van der Waals surface area contributed by atoms with Crippen LogP contribution in [0.2, 0.25) is 0 Å². The topological polar surface area (TPSA) is 111 Å². The van der Waals surface area contributed by atoms with Gasteiger partial charge in [-0.2, -0.15) is 0 Å². The van der Waals surface area contributed by atoms with E-state index in [9.17, 15) is 24.6 Å². The Labute approximate surface area is 279 Å². The van der Waals surface area contributed by atoms with Crippen LogP contribution in [0.3, 0.4) is 0 Å². The van der Waals surface area contributed by atoms with E-state index in [1.807, 2.05) is 84.9 Å². The first-order valence-corrected chi connectivity index (χ1v) is 16.2. The number of nitrogens with zero attached hydrogens (tertiary/aromatic N) is 3. The molecule has 0 bridgehead atoms. The fourth-order valence-electron chi connectivity index (χ4n) is 7.05. The van der Waals surface area contributed by atoms with Crippen molar-refractivity contribution in [2.45, 2.75) is 44.5 Å². The number of benzene rings is 4. The number of carbonyl (C=O) groups is 3. The van der Waals surface area contributed by atoms with E-state index in [4.69, 9.17) is 4.74 Å². The van der Waals surface area contributed by atoms with E-state index in [1.54, 1.807) is 45.9 Å². The highest BCUT2D eigenvalue weighted by molar-refractivity contribution is 6.07. The molecule has 4 aromatic carbocycles. The summed E-state index contributed by atoms with van der Waals surface area (Å²) in [5.74, 6) is -0.729. The number of amides is 3. The van der Waals surface area contributed by atoms with Gasteiger partial charge in [-0.05, 0) is 53.4 Å². The van der Waals surface area contributed by atoms with Gasteiger partial charge >= 0.3 is 0 Å². The zero-order valence-electron chi connectivity index (χ0n) is 26.7. The maximum atomic E-state index is 14.0. The average Bonchev–Trinajstić information content (AvgIpc) is 3.33. The Hall–Kier alpha value is -5.25. The van der Waals surface area contributed by atoms with E-state index in [1.165, 1.54) is 0 Å². The van der Waals surface area contributed by atoms with Crippen molar-refractivity contribution in [3.8, 4) is 5.75 Å². The second-order valence-corrected chi connectivity index (χ2v) is 12.6. The van der Waals surface area contributed by atoms with E-state index in [0.29, 0.717) is 41.3 Å². The molecule has 9 heteroatoms. The Morgan fingerprint density at radius 1 is 0.938 bits per heavy atom. The fraction of sp³-hybridized carbons (Fsp3) is 0.256. The van der Waals surface area contributed by atoms with E-state index in [-0.39, 0.29) is 44.0 Å². The molecule has 4 aromatic rings. The maximum Gasteiger partial charge on any atom is 0.269 e. The number of fused-ring (bicyclic) bond motifs is 3. The molecule has 0 unspecified atom stereocenters. The lowest BCUT2D eigenvalue weighted by Gasteiger charge is -2.36. The molecular weight excluding hydrogens is 606 g/mol. The number of hydrogen-bond acceptors (Lipinski definition) is 6. The van der Waals surface area contributed by atoms with Crippen LogP contribution < -0.4 is 14.5 Å². The number of aliphatic hydroxyl groups excluding tert-OH is 1. The van der Waals surface area contributed by atoms with Crippen LogP contribution >= 0.6 is 0 Å². The van der Waals surface area contributed by atoms with Crippen LogP contribution in [-0.4, -0.2) is 52.1 Å². The van der Waals surface area contributed by atoms with E-state index >= 15 is 0 Å². The molecule has 7 rings (SSSR count). The lowest BCUT2D eigenvalue weighted by atomic mass is 9.83. The zero-order valence-corrected chi connectivity index (χ0v) is 26.7. The third-order valence-electron chi connectivity index (χ3n) is 9.68. The van der Waals surface area contributed by atoms with Gasteiger partial charge in [0, 0.05) is 30.1 Å². The molecule has 0 saturated heterocycles. The Kier molecular flexibility index (Phi) is 8.33. The molecule has 3 aliphatic heterocycles. The van der Waals surface area contributed by atoms with Crippen molar-refractivity contribution in [3.63, 3.8) is 0 Å². The molecule has 0 spiro atoms. The van der Waals surface area contributed by atoms with Gasteiger partial charge in [-0.15, -0.1) is 0 Å². The second-order valence-electron chi connectivity index (χ2n) is 12.6. The summed E-state index contributed by atoms with van der Waals surface area (Å²) in [6, 6.07) is 29.7. The Morgan fingerprint density at radius 2 is 1.62 bits per heavy atom. The lowest BCUT2D eigenvalue weighted by Crippen LogP contribution is -2.46. The van der Waals surface area contributed by atoms with Crippen molar-refractivity contribution >= 4 is 34.8 Å². The van der Waals surface area contributed by atoms with Gasteiger partial charge in [0.05, 0.1) is 30.6 Å². The zero-order chi connectivity index (χ0) is 33.4. The summed E-state index contributed by atoms with van der Waals surface area (Å²) < 4.78 is 5.58. The Balaban J connectivity index is 1.06. The second kappa shape index (κ2) is 12.7. The lowest BCUT2D eigenvalue weighted by molar-refractivity contribution is -0.139. The van der Waals surface area contributed by atoms with Crippen LogP contribution in [0.25, 0.3) is 0 Å². The highest BCUT2D eigenvalue weighted by Gasteiger charge is 2.52. The van der Waals surface area contributed by atoms with Gasteiger partial charge in [0.1, 0.15) is 5.75 Å². The van der Waals surface area contributed by atoms with E-state index in [2.05, 4.69) is 0 Å². The molecule has 0 aromatic heterocycles. The van der Waals surface area contributed by atoms with Crippen LogP contribution in [0.1, 0.15) is 35.6 Å². The molecule has 244 valence electrons. The molecular formula is C39H37N3O6. The first-order valence-electron chi connectivity index (χ1n) is 16.2. The van der Waals surface area contributed by atoms with Gasteiger partial charge in [0.2, 0.25) is 5.91 Å². The predicted octanol–water partition coefficient (Wildman–Crippen LogP) is 5.01. The van der Waals surface area contributed by atoms with Crippen molar-refractivity contribution in [1.29, 1.82) is 0 Å². The normalized spacial score (nSPS) is 20.7. The SMILES string of the molecule is C[C@@H](/C=C/CC(=O)N1Cc2ccccc2C[C@H]1CO)[C@]1(O)C(=O)N(Cc2ccc(N3C(=O)COc4ccccc43)cc2)c2ccccc21. The van der Waals surface area contributed by atoms with Crippen LogP contribution in [0.15, 0.2) is 109 Å². The van der Waals surface area contributed by atoms with Crippen molar-refractivity contribution in [2.75, 3.05) is 23.0 Å². The third kappa shape index (κ3) is 5.44. The summed E-state index contributed by atoms with van der Waals surface area (Å²) in [6.45, 7) is 2.26. The number of anilines is 3. The van der Waals surface area contributed by atoms with Gasteiger partial charge in [0.25, 0.3) is 11.8 Å². The molecule has 3 aliphatic rings. The van der Waals surface area contributed by atoms with Crippen molar-refractivity contribution < 1.29 is 29.3 Å². The summed E-state index contributed by atoms with van der Waals surface area (Å²) in [5, 5.41) is 22.0. The molecule has 0 radical (unpaired) electrons. The summed E-state index contributed by atoms with van der Waals surface area (Å²) in [6.07, 6.45) is 4.12. The molecule has 0 fully saturated rings. The Bertz CT molecular complexity index is 1910. The quantitative estimate of drug-likeness (QED) is 0.262. The van der Waals surface area contributed by atoms with E-state index in [0.717, 1.165) is 16.7 Å². The first-order chi connectivity index (χ1) is 23.3. The van der Waals surface area contributed by atoms with Crippen molar-refractivity contribution in [1.82, 2.24) is 4.90 Å². The minimum Gasteiger partial charge on any atom is -0.482 e. The van der Waals surface area contributed by atoms with Gasteiger partial charge in [-0.3, -0.25) is 19.3 Å². The molecule has 0 saturated carbocycles. The van der Waals surface area contributed by atoms with Gasteiger partial charge in [-0.25, -0.2) is 0 Å². The number of para-hydroxylation sites is 3. The largest absolute Gasteiger partial charge is 0.482 e. The van der Waals surface area contributed by atoms with Crippen LogP contribution in [0.4, 0.5) is 17.1 Å². The fourth-order valence-corrected chi connectivity index (χ4v) is 7.05.